The summed E-state index contributed by atoms with van der Waals surface area (Å²) in [6, 6.07) is 6.78. The van der Waals surface area contributed by atoms with E-state index in [0.29, 0.717) is 24.3 Å². The van der Waals surface area contributed by atoms with Crippen molar-refractivity contribution in [2.75, 3.05) is 19.7 Å². The number of nitrogens with zero attached hydrogens (tertiary/aromatic N) is 1. The monoisotopic (exact) mass is 308 g/mol. The Morgan fingerprint density at radius 3 is 2.52 bits per heavy atom. The van der Waals surface area contributed by atoms with E-state index in [1.165, 1.54) is 4.90 Å². The summed E-state index contributed by atoms with van der Waals surface area (Å²) in [4.78, 5) is 25.8. The lowest BCUT2D eigenvalue weighted by molar-refractivity contribution is -0.143. The molecule has 0 aliphatic carbocycles. The summed E-state index contributed by atoms with van der Waals surface area (Å²) in [6.07, 6.45) is 0.750. The first-order valence-corrected chi connectivity index (χ1v) is 7.25. The van der Waals surface area contributed by atoms with E-state index in [2.05, 4.69) is 0 Å². The van der Waals surface area contributed by atoms with Gasteiger partial charge in [0.2, 0.25) is 0 Å². The van der Waals surface area contributed by atoms with Crippen LogP contribution >= 0.6 is 12.2 Å². The number of amides is 1. The third kappa shape index (κ3) is 5.15. The summed E-state index contributed by atoms with van der Waals surface area (Å²) >= 11 is 4.91. The molecule has 0 aromatic heterocycles. The molecule has 0 heterocycles. The lowest BCUT2D eigenvalue weighted by Gasteiger charge is -2.21. The van der Waals surface area contributed by atoms with E-state index in [0.717, 1.165) is 6.42 Å². The smallest absolute Gasteiger partial charge is 0.325 e. The molecule has 1 rings (SSSR count). The molecule has 21 heavy (non-hydrogen) atoms. The largest absolute Gasteiger partial charge is 0.465 e. The first-order chi connectivity index (χ1) is 9.99. The Morgan fingerprint density at radius 1 is 1.29 bits per heavy atom. The van der Waals surface area contributed by atoms with Crippen LogP contribution in [0.15, 0.2) is 24.3 Å². The molecule has 2 N–H and O–H groups in total. The number of rotatable bonds is 7. The van der Waals surface area contributed by atoms with Crippen LogP contribution in [0.5, 0.6) is 0 Å². The number of benzene rings is 1. The molecule has 0 spiro atoms. The number of esters is 1. The van der Waals surface area contributed by atoms with E-state index in [4.69, 9.17) is 22.7 Å². The van der Waals surface area contributed by atoms with Crippen LogP contribution in [-0.4, -0.2) is 41.5 Å². The van der Waals surface area contributed by atoms with Crippen molar-refractivity contribution < 1.29 is 14.3 Å². The molecule has 0 radical (unpaired) electrons. The molecule has 6 heteroatoms. The summed E-state index contributed by atoms with van der Waals surface area (Å²) in [6.45, 7) is 4.39. The van der Waals surface area contributed by atoms with Crippen molar-refractivity contribution in [1.82, 2.24) is 4.90 Å². The Hall–Kier alpha value is -1.95. The molecule has 0 saturated heterocycles. The van der Waals surface area contributed by atoms with Crippen LogP contribution < -0.4 is 5.73 Å². The van der Waals surface area contributed by atoms with Gasteiger partial charge in [-0.3, -0.25) is 9.59 Å². The van der Waals surface area contributed by atoms with E-state index in [1.807, 2.05) is 6.92 Å². The van der Waals surface area contributed by atoms with Crippen LogP contribution in [0, 0.1) is 0 Å². The minimum Gasteiger partial charge on any atom is -0.465 e. The van der Waals surface area contributed by atoms with Gasteiger partial charge in [-0.15, -0.1) is 0 Å². The maximum Gasteiger partial charge on any atom is 0.325 e. The zero-order valence-corrected chi connectivity index (χ0v) is 13.1. The maximum atomic E-state index is 12.5. The van der Waals surface area contributed by atoms with E-state index >= 15 is 0 Å². The number of ether oxygens (including phenoxy) is 1. The van der Waals surface area contributed by atoms with Crippen molar-refractivity contribution in [2.24, 2.45) is 5.73 Å². The molecule has 0 fully saturated rings. The van der Waals surface area contributed by atoms with Gasteiger partial charge in [0.05, 0.1) is 6.61 Å². The average molecular weight is 308 g/mol. The number of nitrogens with two attached hydrogens (primary N) is 1. The van der Waals surface area contributed by atoms with Crippen molar-refractivity contribution in [3.63, 3.8) is 0 Å². The van der Waals surface area contributed by atoms with Gasteiger partial charge in [0.1, 0.15) is 11.5 Å². The SMILES string of the molecule is CCCN(CC(=O)OCC)C(=O)c1cccc(C(N)=S)c1. The van der Waals surface area contributed by atoms with Gasteiger partial charge in [-0.25, -0.2) is 0 Å². The van der Waals surface area contributed by atoms with Gasteiger partial charge in [-0.2, -0.15) is 0 Å². The van der Waals surface area contributed by atoms with Crippen LogP contribution in [0.3, 0.4) is 0 Å². The predicted octanol–water partition coefficient (Wildman–Crippen LogP) is 1.74. The Kier molecular flexibility index (Phi) is 6.81. The van der Waals surface area contributed by atoms with Gasteiger partial charge in [-0.1, -0.05) is 31.3 Å². The molecule has 0 aliphatic heterocycles. The van der Waals surface area contributed by atoms with Crippen molar-refractivity contribution in [1.29, 1.82) is 0 Å². The second kappa shape index (κ2) is 8.36. The molecule has 1 aromatic rings. The van der Waals surface area contributed by atoms with Crippen molar-refractivity contribution in [3.05, 3.63) is 35.4 Å². The Bertz CT molecular complexity index is 531. The first kappa shape index (κ1) is 17.1. The second-order valence-corrected chi connectivity index (χ2v) is 4.92. The standard InChI is InChI=1S/C15H20N2O3S/c1-3-8-17(10-13(18)20-4-2)15(19)12-7-5-6-11(9-12)14(16)21/h5-7,9H,3-4,8,10H2,1-2H3,(H2,16,21). The Labute approximate surface area is 130 Å². The molecule has 0 saturated carbocycles. The van der Waals surface area contributed by atoms with Crippen LogP contribution in [0.2, 0.25) is 0 Å². The highest BCUT2D eigenvalue weighted by Gasteiger charge is 2.19. The van der Waals surface area contributed by atoms with Crippen LogP contribution in [-0.2, 0) is 9.53 Å². The topological polar surface area (TPSA) is 72.6 Å². The van der Waals surface area contributed by atoms with Gasteiger partial charge in [-0.05, 0) is 25.5 Å². The van der Waals surface area contributed by atoms with E-state index in [1.54, 1.807) is 31.2 Å². The molecule has 5 nitrogen and oxygen atoms in total. The fraction of sp³-hybridized carbons (Fsp3) is 0.400. The average Bonchev–Trinajstić information content (AvgIpc) is 2.46. The molecule has 0 aliphatic rings. The number of thiocarbonyl (C=S) groups is 1. The van der Waals surface area contributed by atoms with E-state index in [9.17, 15) is 9.59 Å². The fourth-order valence-electron chi connectivity index (χ4n) is 1.87. The maximum absolute atomic E-state index is 12.5. The minimum absolute atomic E-state index is 0.0577. The van der Waals surface area contributed by atoms with Gasteiger partial charge in [0, 0.05) is 17.7 Å². The quantitative estimate of drug-likeness (QED) is 0.613. The molecule has 0 unspecified atom stereocenters. The van der Waals surface area contributed by atoms with Crippen LogP contribution in [0.1, 0.15) is 36.2 Å². The summed E-state index contributed by atoms with van der Waals surface area (Å²) < 4.78 is 4.89. The zero-order valence-electron chi connectivity index (χ0n) is 12.3. The summed E-state index contributed by atoms with van der Waals surface area (Å²) in [5.41, 5.74) is 6.65. The van der Waals surface area contributed by atoms with Gasteiger partial charge >= 0.3 is 5.97 Å². The van der Waals surface area contributed by atoms with Gasteiger partial charge in [0.15, 0.2) is 0 Å². The van der Waals surface area contributed by atoms with E-state index < -0.39 is 5.97 Å². The van der Waals surface area contributed by atoms with Gasteiger partial charge in [0.25, 0.3) is 5.91 Å². The molecule has 0 bridgehead atoms. The van der Waals surface area contributed by atoms with Crippen molar-refractivity contribution >= 4 is 29.1 Å². The fourth-order valence-corrected chi connectivity index (χ4v) is 2.00. The highest BCUT2D eigenvalue weighted by Crippen LogP contribution is 2.09. The normalized spacial score (nSPS) is 10.0. The number of carbonyl (C=O) groups excluding carboxylic acids is 2. The predicted molar refractivity (Wildman–Crippen MR) is 85.2 cm³/mol. The Morgan fingerprint density at radius 2 is 1.95 bits per heavy atom. The Balaban J connectivity index is 2.92. The molecule has 0 atom stereocenters. The van der Waals surface area contributed by atoms with E-state index in [-0.39, 0.29) is 17.4 Å². The lowest BCUT2D eigenvalue weighted by atomic mass is 10.1. The van der Waals surface area contributed by atoms with Crippen molar-refractivity contribution in [2.45, 2.75) is 20.3 Å². The number of hydrogen-bond acceptors (Lipinski definition) is 4. The van der Waals surface area contributed by atoms with Gasteiger partial charge < -0.3 is 15.4 Å². The molecule has 1 amide bonds. The number of hydrogen-bond donors (Lipinski definition) is 1. The highest BCUT2D eigenvalue weighted by atomic mass is 32.1. The molecule has 114 valence electrons. The van der Waals surface area contributed by atoms with Crippen LogP contribution in [0.4, 0.5) is 0 Å². The van der Waals surface area contributed by atoms with Crippen LogP contribution in [0.25, 0.3) is 0 Å². The lowest BCUT2D eigenvalue weighted by Crippen LogP contribution is -2.37. The second-order valence-electron chi connectivity index (χ2n) is 4.48. The third-order valence-corrected chi connectivity index (χ3v) is 3.04. The molecule has 1 aromatic carbocycles. The summed E-state index contributed by atoms with van der Waals surface area (Å²) in [5.74, 6) is -0.646. The molecular weight excluding hydrogens is 288 g/mol. The summed E-state index contributed by atoms with van der Waals surface area (Å²) in [7, 11) is 0. The van der Waals surface area contributed by atoms with Crippen molar-refractivity contribution in [3.8, 4) is 0 Å². The zero-order chi connectivity index (χ0) is 15.8. The third-order valence-electron chi connectivity index (χ3n) is 2.80. The number of carbonyl (C=O) groups is 2. The first-order valence-electron chi connectivity index (χ1n) is 6.84. The highest BCUT2D eigenvalue weighted by molar-refractivity contribution is 7.80. The minimum atomic E-state index is -0.412. The molecular formula is C15H20N2O3S. The summed E-state index contributed by atoms with van der Waals surface area (Å²) in [5, 5.41) is 0.